The normalized spacial score (nSPS) is 11.8. The van der Waals surface area contributed by atoms with E-state index in [-0.39, 0.29) is 10.7 Å². The standard InChI is InChI=1S/C8H7ClF3N/c1-4-2-5(8(10,11)12)7(13)6(9)3-4/h2-3H,13H2,1H3/p+1. The third kappa shape index (κ3) is 2.14. The van der Waals surface area contributed by atoms with Crippen LogP contribution in [0, 0.1) is 6.92 Å². The van der Waals surface area contributed by atoms with Crippen LogP contribution < -0.4 is 5.73 Å². The summed E-state index contributed by atoms with van der Waals surface area (Å²) in [6.45, 7) is 1.56. The second-order valence-electron chi connectivity index (χ2n) is 2.77. The Hall–Kier alpha value is -0.740. The highest BCUT2D eigenvalue weighted by Crippen LogP contribution is 2.36. The molecule has 0 saturated carbocycles. The molecule has 0 fully saturated rings. The maximum atomic E-state index is 12.3. The van der Waals surface area contributed by atoms with Crippen molar-refractivity contribution in [3.63, 3.8) is 0 Å². The Bertz CT molecular complexity index is 333. The molecule has 1 nitrogen and oxygen atoms in total. The maximum absolute atomic E-state index is 12.3. The minimum absolute atomic E-state index is 0.0484. The predicted octanol–water partition coefficient (Wildman–Crippen LogP) is 2.54. The molecule has 3 N–H and O–H groups in total. The quantitative estimate of drug-likeness (QED) is 0.682. The van der Waals surface area contributed by atoms with Crippen LogP contribution in [0.15, 0.2) is 12.1 Å². The summed E-state index contributed by atoms with van der Waals surface area (Å²) in [6, 6.07) is 2.49. The van der Waals surface area contributed by atoms with E-state index < -0.39 is 11.7 Å². The van der Waals surface area contributed by atoms with Crippen LogP contribution in [-0.2, 0) is 6.18 Å². The molecular weight excluding hydrogens is 203 g/mol. The van der Waals surface area contributed by atoms with Crippen molar-refractivity contribution in [3.05, 3.63) is 28.3 Å². The largest absolute Gasteiger partial charge is 0.422 e. The van der Waals surface area contributed by atoms with Gasteiger partial charge < -0.3 is 5.73 Å². The van der Waals surface area contributed by atoms with E-state index >= 15 is 0 Å². The average molecular weight is 211 g/mol. The third-order valence-corrected chi connectivity index (χ3v) is 1.98. The Morgan fingerprint density at radius 3 is 2.31 bits per heavy atom. The lowest BCUT2D eigenvalue weighted by Crippen LogP contribution is -2.43. The first kappa shape index (κ1) is 10.3. The molecule has 0 aromatic heterocycles. The Labute approximate surface area is 78.3 Å². The van der Waals surface area contributed by atoms with E-state index in [1.54, 1.807) is 6.92 Å². The molecule has 0 aliphatic carbocycles. The van der Waals surface area contributed by atoms with Gasteiger partial charge in [-0.15, -0.1) is 0 Å². The number of quaternary nitrogens is 1. The van der Waals surface area contributed by atoms with Gasteiger partial charge in [-0.05, 0) is 24.6 Å². The molecule has 0 aliphatic rings. The van der Waals surface area contributed by atoms with Crippen molar-refractivity contribution < 1.29 is 18.9 Å². The number of aryl methyl sites for hydroxylation is 1. The number of rotatable bonds is 0. The van der Waals surface area contributed by atoms with Gasteiger partial charge in [0.15, 0.2) is 5.69 Å². The highest BCUT2D eigenvalue weighted by atomic mass is 35.5. The SMILES string of the molecule is Cc1cc(Cl)c([NH3+])c(C(F)(F)F)c1. The van der Waals surface area contributed by atoms with E-state index in [0.29, 0.717) is 5.56 Å². The van der Waals surface area contributed by atoms with Crippen molar-refractivity contribution in [2.75, 3.05) is 0 Å². The van der Waals surface area contributed by atoms with Gasteiger partial charge in [-0.3, -0.25) is 0 Å². The molecule has 0 atom stereocenters. The molecular formula is C8H8ClF3N+. The Kier molecular flexibility index (Phi) is 2.54. The zero-order chi connectivity index (χ0) is 10.2. The summed E-state index contributed by atoms with van der Waals surface area (Å²) in [7, 11) is 0. The lowest BCUT2D eigenvalue weighted by Gasteiger charge is -2.09. The van der Waals surface area contributed by atoms with Crippen molar-refractivity contribution in [1.29, 1.82) is 0 Å². The second kappa shape index (κ2) is 3.20. The fraction of sp³-hybridized carbons (Fsp3) is 0.250. The molecule has 0 amide bonds. The van der Waals surface area contributed by atoms with E-state index in [1.165, 1.54) is 6.07 Å². The lowest BCUT2D eigenvalue weighted by atomic mass is 10.1. The van der Waals surface area contributed by atoms with Gasteiger partial charge in [0.2, 0.25) is 0 Å². The zero-order valence-electron chi connectivity index (χ0n) is 6.87. The van der Waals surface area contributed by atoms with Crippen molar-refractivity contribution in [3.8, 4) is 0 Å². The summed E-state index contributed by atoms with van der Waals surface area (Å²) in [5, 5.41) is 0.0484. The molecule has 0 saturated heterocycles. The first-order valence-electron chi connectivity index (χ1n) is 3.51. The molecule has 1 aromatic rings. The Morgan fingerprint density at radius 2 is 1.85 bits per heavy atom. The van der Waals surface area contributed by atoms with E-state index in [4.69, 9.17) is 11.6 Å². The number of halogens is 4. The number of hydrogen-bond donors (Lipinski definition) is 1. The first-order valence-corrected chi connectivity index (χ1v) is 3.89. The van der Waals surface area contributed by atoms with E-state index in [2.05, 4.69) is 5.73 Å². The van der Waals surface area contributed by atoms with E-state index in [0.717, 1.165) is 6.07 Å². The van der Waals surface area contributed by atoms with Crippen LogP contribution in [0.4, 0.5) is 18.9 Å². The van der Waals surface area contributed by atoms with Crippen LogP contribution in [0.3, 0.4) is 0 Å². The van der Waals surface area contributed by atoms with Crippen LogP contribution >= 0.6 is 11.6 Å². The molecule has 0 aliphatic heterocycles. The molecule has 0 unspecified atom stereocenters. The highest BCUT2D eigenvalue weighted by Gasteiger charge is 2.35. The topological polar surface area (TPSA) is 27.6 Å². The summed E-state index contributed by atoms with van der Waals surface area (Å²) in [5.41, 5.74) is 2.82. The smallest absolute Gasteiger partial charge is 0.323 e. The molecule has 0 bridgehead atoms. The van der Waals surface area contributed by atoms with Crippen LogP contribution in [0.1, 0.15) is 11.1 Å². The van der Waals surface area contributed by atoms with Gasteiger partial charge in [0.05, 0.1) is 0 Å². The second-order valence-corrected chi connectivity index (χ2v) is 3.18. The number of benzene rings is 1. The molecule has 72 valence electrons. The Balaban J connectivity index is 3.37. The van der Waals surface area contributed by atoms with Gasteiger partial charge in [0.25, 0.3) is 0 Å². The van der Waals surface area contributed by atoms with E-state index in [1.807, 2.05) is 0 Å². The molecule has 0 heterocycles. The summed E-state index contributed by atoms with van der Waals surface area (Å²) in [4.78, 5) is 0. The van der Waals surface area contributed by atoms with Crippen LogP contribution in [-0.4, -0.2) is 0 Å². The number of alkyl halides is 3. The average Bonchev–Trinajstić information content (AvgIpc) is 1.94. The van der Waals surface area contributed by atoms with Gasteiger partial charge in [-0.2, -0.15) is 13.2 Å². The maximum Gasteiger partial charge on any atom is 0.422 e. The third-order valence-electron chi connectivity index (χ3n) is 1.65. The monoisotopic (exact) mass is 210 g/mol. The van der Waals surface area contributed by atoms with Crippen LogP contribution in [0.2, 0.25) is 5.02 Å². The predicted molar refractivity (Wildman–Crippen MR) is 43.7 cm³/mol. The molecule has 5 heteroatoms. The lowest BCUT2D eigenvalue weighted by molar-refractivity contribution is -0.262. The molecule has 13 heavy (non-hydrogen) atoms. The minimum Gasteiger partial charge on any atom is -0.323 e. The summed E-state index contributed by atoms with van der Waals surface area (Å²) in [5.74, 6) is 0. The van der Waals surface area contributed by atoms with Gasteiger partial charge >= 0.3 is 6.18 Å². The van der Waals surface area contributed by atoms with Crippen molar-refractivity contribution in [2.24, 2.45) is 0 Å². The molecule has 0 radical (unpaired) electrons. The first-order chi connectivity index (χ1) is 5.82. The molecule has 1 aromatic carbocycles. The van der Waals surface area contributed by atoms with Crippen molar-refractivity contribution in [1.82, 2.24) is 0 Å². The Morgan fingerprint density at radius 1 is 1.31 bits per heavy atom. The van der Waals surface area contributed by atoms with Gasteiger partial charge in [0, 0.05) is 0 Å². The number of hydrogen-bond acceptors (Lipinski definition) is 0. The highest BCUT2D eigenvalue weighted by molar-refractivity contribution is 6.32. The summed E-state index contributed by atoms with van der Waals surface area (Å²) in [6.07, 6.45) is -4.38. The van der Waals surface area contributed by atoms with E-state index in [9.17, 15) is 13.2 Å². The van der Waals surface area contributed by atoms with Crippen molar-refractivity contribution in [2.45, 2.75) is 13.1 Å². The van der Waals surface area contributed by atoms with Crippen LogP contribution in [0.5, 0.6) is 0 Å². The zero-order valence-corrected chi connectivity index (χ0v) is 7.63. The fourth-order valence-electron chi connectivity index (χ4n) is 1.03. The van der Waals surface area contributed by atoms with Gasteiger partial charge in [0.1, 0.15) is 10.6 Å². The fourth-order valence-corrected chi connectivity index (χ4v) is 1.30. The molecule has 1 rings (SSSR count). The minimum atomic E-state index is -4.38. The summed E-state index contributed by atoms with van der Waals surface area (Å²) < 4.78 is 36.9. The van der Waals surface area contributed by atoms with Crippen molar-refractivity contribution >= 4 is 17.3 Å². The van der Waals surface area contributed by atoms with Gasteiger partial charge in [-0.25, -0.2) is 0 Å². The summed E-state index contributed by atoms with van der Waals surface area (Å²) >= 11 is 5.56. The van der Waals surface area contributed by atoms with Gasteiger partial charge in [-0.1, -0.05) is 11.6 Å². The molecule has 0 spiro atoms. The van der Waals surface area contributed by atoms with Crippen LogP contribution in [0.25, 0.3) is 0 Å².